The lowest BCUT2D eigenvalue weighted by molar-refractivity contribution is 0.769. The number of hydrogen-bond acceptors (Lipinski definition) is 0. The molecule has 0 saturated carbocycles. The maximum absolute atomic E-state index is 6.60. The third kappa shape index (κ3) is 2.77. The van der Waals surface area contributed by atoms with E-state index in [-0.39, 0.29) is 0 Å². The van der Waals surface area contributed by atoms with Gasteiger partial charge in [0.15, 0.2) is 0 Å². The van der Waals surface area contributed by atoms with Crippen molar-refractivity contribution in [3.05, 3.63) is 155 Å². The summed E-state index contributed by atoms with van der Waals surface area (Å²) in [7, 11) is 0. The number of hydrogen-bond donors (Lipinski definition) is 0. The molecule has 6 rings (SSSR count). The third-order valence-corrected chi connectivity index (χ3v) is 6.85. The Kier molecular flexibility index (Phi) is 4.48. The van der Waals surface area contributed by atoms with Crippen molar-refractivity contribution in [2.24, 2.45) is 0 Å². The van der Waals surface area contributed by atoms with E-state index in [1.807, 2.05) is 6.07 Å². The molecule has 0 aromatic heterocycles. The van der Waals surface area contributed by atoms with Crippen LogP contribution in [0.1, 0.15) is 22.3 Å². The van der Waals surface area contributed by atoms with Crippen molar-refractivity contribution < 1.29 is 0 Å². The molecule has 1 unspecified atom stereocenters. The Morgan fingerprint density at radius 3 is 1.88 bits per heavy atom. The van der Waals surface area contributed by atoms with Gasteiger partial charge < -0.3 is 0 Å². The summed E-state index contributed by atoms with van der Waals surface area (Å²) in [5.41, 5.74) is 9.56. The number of halogens is 1. The fourth-order valence-electron chi connectivity index (χ4n) is 5.29. The van der Waals surface area contributed by atoms with E-state index < -0.39 is 5.41 Å². The molecule has 0 radical (unpaired) electrons. The van der Waals surface area contributed by atoms with Gasteiger partial charge in [0, 0.05) is 5.02 Å². The molecule has 0 fully saturated rings. The lowest BCUT2D eigenvalue weighted by Gasteiger charge is -2.34. The second-order valence-electron chi connectivity index (χ2n) is 8.30. The SMILES string of the molecule is Clc1ccc2c(c1)C(c1ccccc1)(c1cccc(-c3ccccc3)c1)c1ccccc1-2. The summed E-state index contributed by atoms with van der Waals surface area (Å²) in [6, 6.07) is 45.4. The van der Waals surface area contributed by atoms with Crippen LogP contribution in [0.15, 0.2) is 127 Å². The zero-order valence-electron chi connectivity index (χ0n) is 17.5. The molecule has 0 spiro atoms. The summed E-state index contributed by atoms with van der Waals surface area (Å²) in [4.78, 5) is 0. The first kappa shape index (κ1) is 19.1. The summed E-state index contributed by atoms with van der Waals surface area (Å²) < 4.78 is 0. The van der Waals surface area contributed by atoms with Gasteiger partial charge in [-0.25, -0.2) is 0 Å². The van der Waals surface area contributed by atoms with E-state index in [0.717, 1.165) is 5.02 Å². The van der Waals surface area contributed by atoms with E-state index >= 15 is 0 Å². The van der Waals surface area contributed by atoms with Crippen LogP contribution in [0.2, 0.25) is 5.02 Å². The highest BCUT2D eigenvalue weighted by atomic mass is 35.5. The topological polar surface area (TPSA) is 0 Å². The van der Waals surface area contributed by atoms with E-state index in [1.54, 1.807) is 0 Å². The highest BCUT2D eigenvalue weighted by molar-refractivity contribution is 6.30. The van der Waals surface area contributed by atoms with Gasteiger partial charge in [-0.3, -0.25) is 0 Å². The van der Waals surface area contributed by atoms with Gasteiger partial charge >= 0.3 is 0 Å². The van der Waals surface area contributed by atoms with Crippen molar-refractivity contribution in [2.75, 3.05) is 0 Å². The Labute approximate surface area is 193 Å². The standard InChI is InChI=1S/C31H21Cl/c32-26-18-19-28-27-16-7-8-17-29(27)31(30(28)21-26,24-13-5-2-6-14-24)25-15-9-12-23(20-25)22-10-3-1-4-11-22/h1-21H. The van der Waals surface area contributed by atoms with Crippen LogP contribution in [0.5, 0.6) is 0 Å². The molecular weight excluding hydrogens is 408 g/mol. The molecule has 1 aliphatic carbocycles. The lowest BCUT2D eigenvalue weighted by atomic mass is 9.67. The average Bonchev–Trinajstić information content (AvgIpc) is 3.15. The van der Waals surface area contributed by atoms with Crippen LogP contribution >= 0.6 is 11.6 Å². The molecule has 1 heteroatoms. The minimum Gasteiger partial charge on any atom is -0.0843 e. The predicted molar refractivity (Wildman–Crippen MR) is 134 cm³/mol. The molecule has 0 aliphatic heterocycles. The molecule has 1 atom stereocenters. The molecule has 0 heterocycles. The fraction of sp³-hybridized carbons (Fsp3) is 0.0323. The lowest BCUT2D eigenvalue weighted by Crippen LogP contribution is -2.28. The fourth-order valence-corrected chi connectivity index (χ4v) is 5.46. The Morgan fingerprint density at radius 1 is 0.438 bits per heavy atom. The van der Waals surface area contributed by atoms with E-state index in [0.29, 0.717) is 0 Å². The van der Waals surface area contributed by atoms with E-state index in [2.05, 4.69) is 121 Å². The minimum absolute atomic E-state index is 0.428. The van der Waals surface area contributed by atoms with Crippen LogP contribution < -0.4 is 0 Å². The summed E-state index contributed by atoms with van der Waals surface area (Å²) in [5.74, 6) is 0. The second kappa shape index (κ2) is 7.51. The molecule has 32 heavy (non-hydrogen) atoms. The van der Waals surface area contributed by atoms with Crippen LogP contribution in [0.4, 0.5) is 0 Å². The van der Waals surface area contributed by atoms with Crippen LogP contribution in [-0.4, -0.2) is 0 Å². The van der Waals surface area contributed by atoms with Gasteiger partial charge in [0.25, 0.3) is 0 Å². The second-order valence-corrected chi connectivity index (χ2v) is 8.73. The number of fused-ring (bicyclic) bond motifs is 3. The Morgan fingerprint density at radius 2 is 1.06 bits per heavy atom. The van der Waals surface area contributed by atoms with Gasteiger partial charge in [-0.1, -0.05) is 121 Å². The highest BCUT2D eigenvalue weighted by Gasteiger charge is 2.46. The summed E-state index contributed by atoms with van der Waals surface area (Å²) in [6.07, 6.45) is 0. The molecule has 5 aromatic carbocycles. The summed E-state index contributed by atoms with van der Waals surface area (Å²) >= 11 is 6.60. The van der Waals surface area contributed by atoms with Gasteiger partial charge in [-0.05, 0) is 62.7 Å². The zero-order valence-corrected chi connectivity index (χ0v) is 18.3. The summed E-state index contributed by atoms with van der Waals surface area (Å²) in [6.45, 7) is 0. The Bertz CT molecular complexity index is 1420. The monoisotopic (exact) mass is 428 g/mol. The van der Waals surface area contributed by atoms with Crippen LogP contribution in [0.3, 0.4) is 0 Å². The minimum atomic E-state index is -0.428. The first-order chi connectivity index (χ1) is 15.8. The van der Waals surface area contributed by atoms with Gasteiger partial charge in [0.05, 0.1) is 5.41 Å². The van der Waals surface area contributed by atoms with Gasteiger partial charge in [-0.2, -0.15) is 0 Å². The van der Waals surface area contributed by atoms with Crippen molar-refractivity contribution in [3.63, 3.8) is 0 Å². The van der Waals surface area contributed by atoms with Gasteiger partial charge in [0.2, 0.25) is 0 Å². The normalized spacial score (nSPS) is 16.4. The Hall–Kier alpha value is -3.61. The van der Waals surface area contributed by atoms with Crippen LogP contribution in [0.25, 0.3) is 22.3 Å². The van der Waals surface area contributed by atoms with Gasteiger partial charge in [0.1, 0.15) is 0 Å². The van der Waals surface area contributed by atoms with Crippen LogP contribution in [0, 0.1) is 0 Å². The van der Waals surface area contributed by atoms with Crippen molar-refractivity contribution in [3.8, 4) is 22.3 Å². The van der Waals surface area contributed by atoms with Crippen LogP contribution in [-0.2, 0) is 5.41 Å². The van der Waals surface area contributed by atoms with Crippen molar-refractivity contribution in [1.29, 1.82) is 0 Å². The van der Waals surface area contributed by atoms with E-state index in [9.17, 15) is 0 Å². The largest absolute Gasteiger partial charge is 0.0843 e. The number of rotatable bonds is 3. The van der Waals surface area contributed by atoms with Crippen molar-refractivity contribution in [2.45, 2.75) is 5.41 Å². The molecule has 0 saturated heterocycles. The van der Waals surface area contributed by atoms with E-state index in [1.165, 1.54) is 44.5 Å². The van der Waals surface area contributed by atoms with Gasteiger partial charge in [-0.15, -0.1) is 0 Å². The highest BCUT2D eigenvalue weighted by Crippen LogP contribution is 2.56. The quantitative estimate of drug-likeness (QED) is 0.265. The molecular formula is C31H21Cl. The smallest absolute Gasteiger partial charge is 0.0714 e. The maximum atomic E-state index is 6.60. The molecule has 0 N–H and O–H groups in total. The molecule has 0 amide bonds. The van der Waals surface area contributed by atoms with E-state index in [4.69, 9.17) is 11.6 Å². The molecule has 1 aliphatic rings. The molecule has 0 nitrogen and oxygen atoms in total. The van der Waals surface area contributed by atoms with Crippen molar-refractivity contribution >= 4 is 11.6 Å². The van der Waals surface area contributed by atoms with Crippen molar-refractivity contribution in [1.82, 2.24) is 0 Å². The Balaban J connectivity index is 1.73. The molecule has 5 aromatic rings. The molecule has 152 valence electrons. The summed E-state index contributed by atoms with van der Waals surface area (Å²) in [5, 5.41) is 0.760. The molecule has 0 bridgehead atoms. The maximum Gasteiger partial charge on any atom is 0.0714 e. The third-order valence-electron chi connectivity index (χ3n) is 6.62. The number of benzene rings is 5. The first-order valence-corrected chi connectivity index (χ1v) is 11.3. The first-order valence-electron chi connectivity index (χ1n) is 10.9. The zero-order chi connectivity index (χ0) is 21.5. The average molecular weight is 429 g/mol. The predicted octanol–water partition coefficient (Wildman–Crippen LogP) is 8.37.